The van der Waals surface area contributed by atoms with Crippen LogP contribution in [0.5, 0.6) is 0 Å². The monoisotopic (exact) mass is 449 g/mol. The van der Waals surface area contributed by atoms with Gasteiger partial charge < -0.3 is 24.8 Å². The molecule has 1 fully saturated rings. The lowest BCUT2D eigenvalue weighted by Crippen LogP contribution is -2.58. The number of pyridine rings is 1. The second kappa shape index (κ2) is 10.2. The lowest BCUT2D eigenvalue weighted by molar-refractivity contribution is -0.200. The molecule has 3 N–H and O–H groups in total. The number of hydrogen-bond donors (Lipinski definition) is 3. The summed E-state index contributed by atoms with van der Waals surface area (Å²) >= 11 is 5.87. The van der Waals surface area contributed by atoms with Gasteiger partial charge in [-0.2, -0.15) is 0 Å². The van der Waals surface area contributed by atoms with E-state index in [2.05, 4.69) is 4.98 Å². The largest absolute Gasteiger partial charge is 0.479 e. The van der Waals surface area contributed by atoms with Crippen molar-refractivity contribution in [2.45, 2.75) is 49.6 Å². The molecule has 1 aliphatic rings. The molecule has 9 heteroatoms. The molecule has 0 spiro atoms. The molecule has 1 aromatic carbocycles. The van der Waals surface area contributed by atoms with E-state index in [0.717, 1.165) is 5.56 Å². The van der Waals surface area contributed by atoms with Crippen molar-refractivity contribution in [2.24, 2.45) is 0 Å². The van der Waals surface area contributed by atoms with Crippen LogP contribution in [0.25, 0.3) is 0 Å². The van der Waals surface area contributed by atoms with Gasteiger partial charge in [-0.15, -0.1) is 0 Å². The fraction of sp³-hybridized carbons (Fsp3) is 0.409. The molecule has 1 saturated carbocycles. The maximum atomic E-state index is 12.3. The minimum absolute atomic E-state index is 0.0135. The Morgan fingerprint density at radius 1 is 1.13 bits per heavy atom. The zero-order valence-electron chi connectivity index (χ0n) is 16.7. The number of nitrogens with zero attached hydrogens (tertiary/aromatic N) is 1. The molecule has 0 unspecified atom stereocenters. The molecule has 1 heterocycles. The predicted molar refractivity (Wildman–Crippen MR) is 111 cm³/mol. The van der Waals surface area contributed by atoms with Crippen molar-refractivity contribution < 1.29 is 34.4 Å². The molecule has 1 aromatic heterocycles. The Kier molecular flexibility index (Phi) is 7.61. The van der Waals surface area contributed by atoms with Gasteiger partial charge in [-0.1, -0.05) is 29.8 Å². The van der Waals surface area contributed by atoms with Crippen LogP contribution in [0.3, 0.4) is 0 Å². The van der Waals surface area contributed by atoms with Crippen molar-refractivity contribution in [2.75, 3.05) is 6.61 Å². The molecule has 8 nitrogen and oxygen atoms in total. The van der Waals surface area contributed by atoms with Gasteiger partial charge in [0.25, 0.3) is 0 Å². The zero-order valence-corrected chi connectivity index (χ0v) is 17.4. The van der Waals surface area contributed by atoms with Gasteiger partial charge in [-0.25, -0.2) is 14.6 Å². The van der Waals surface area contributed by atoms with Gasteiger partial charge in [-0.3, -0.25) is 0 Å². The van der Waals surface area contributed by atoms with Gasteiger partial charge in [0.1, 0.15) is 17.9 Å². The average molecular weight is 450 g/mol. The number of hydrogen-bond acceptors (Lipinski definition) is 7. The molecule has 0 aliphatic heterocycles. The smallest absolute Gasteiger partial charge is 0.357 e. The molecule has 166 valence electrons. The normalized spacial score (nSPS) is 25.7. The van der Waals surface area contributed by atoms with Crippen LogP contribution in [0.2, 0.25) is 5.02 Å². The summed E-state index contributed by atoms with van der Waals surface area (Å²) in [4.78, 5) is 28.2. The highest BCUT2D eigenvalue weighted by Gasteiger charge is 2.52. The molecule has 3 rings (SSSR count). The zero-order chi connectivity index (χ0) is 22.4. The Balaban J connectivity index is 1.64. The number of carboxylic acid groups (broad SMARTS) is 1. The highest BCUT2D eigenvalue weighted by atomic mass is 35.5. The molecule has 0 radical (unpaired) electrons. The summed E-state index contributed by atoms with van der Waals surface area (Å²) in [5.74, 6) is -2.11. The number of benzene rings is 1. The number of ether oxygens (including phenoxy) is 2. The van der Waals surface area contributed by atoms with E-state index in [1.54, 1.807) is 24.3 Å². The quantitative estimate of drug-likeness (QED) is 0.413. The summed E-state index contributed by atoms with van der Waals surface area (Å²) in [5, 5.41) is 31.0. The number of halogens is 1. The average Bonchev–Trinajstić information content (AvgIpc) is 2.76. The number of aliphatic hydroxyl groups is 2. The number of carbonyl (C=O) groups excluding carboxylic acids is 1. The predicted octanol–water partition coefficient (Wildman–Crippen LogP) is 2.25. The van der Waals surface area contributed by atoms with Crippen LogP contribution in [0.1, 0.15) is 35.3 Å². The van der Waals surface area contributed by atoms with E-state index in [-0.39, 0.29) is 25.1 Å². The molecule has 0 bridgehead atoms. The SMILES string of the molecule is O=C(O[C@@H]1C[C@](OCCCc2ccc(Cl)cc2)(C(=O)O)C[C@H](O)[C@H]1O)c1ccccn1. The van der Waals surface area contributed by atoms with Crippen LogP contribution >= 0.6 is 11.6 Å². The number of aromatic nitrogens is 1. The van der Waals surface area contributed by atoms with Crippen molar-refractivity contribution in [3.05, 3.63) is 64.9 Å². The highest BCUT2D eigenvalue weighted by Crippen LogP contribution is 2.35. The Morgan fingerprint density at radius 3 is 2.52 bits per heavy atom. The second-order valence-electron chi connectivity index (χ2n) is 7.50. The number of rotatable bonds is 8. The standard InChI is InChI=1S/C22H24ClNO7/c23-15-8-6-14(7-9-15)4-3-11-30-22(21(28)29)12-17(25)19(26)18(13-22)31-20(27)16-5-1-2-10-24-16/h1-2,5-10,17-19,25-26H,3-4,11-13H2,(H,28,29)/t17-,18+,19+,22-/m0/s1. The van der Waals surface area contributed by atoms with E-state index in [1.807, 2.05) is 12.1 Å². The maximum absolute atomic E-state index is 12.3. The van der Waals surface area contributed by atoms with Crippen LogP contribution in [-0.4, -0.2) is 62.8 Å². The number of carbonyl (C=O) groups is 2. The molecular formula is C22H24ClNO7. The van der Waals surface area contributed by atoms with Crippen molar-refractivity contribution in [3.63, 3.8) is 0 Å². The molecule has 0 saturated heterocycles. The first-order valence-corrected chi connectivity index (χ1v) is 10.3. The number of esters is 1. The molecular weight excluding hydrogens is 426 g/mol. The van der Waals surface area contributed by atoms with Gasteiger partial charge in [0.05, 0.1) is 6.10 Å². The van der Waals surface area contributed by atoms with Crippen LogP contribution in [0, 0.1) is 0 Å². The summed E-state index contributed by atoms with van der Waals surface area (Å²) in [5.41, 5.74) is -0.744. The van der Waals surface area contributed by atoms with Crippen LogP contribution in [0.15, 0.2) is 48.7 Å². The van der Waals surface area contributed by atoms with E-state index in [4.69, 9.17) is 21.1 Å². The third kappa shape index (κ3) is 5.80. The Bertz CT molecular complexity index is 892. The third-order valence-corrected chi connectivity index (χ3v) is 5.52. The first-order valence-electron chi connectivity index (χ1n) is 9.91. The first-order chi connectivity index (χ1) is 14.8. The number of carboxylic acids is 1. The van der Waals surface area contributed by atoms with E-state index in [9.17, 15) is 24.9 Å². The van der Waals surface area contributed by atoms with Crippen molar-refractivity contribution >= 4 is 23.5 Å². The van der Waals surface area contributed by atoms with Crippen LogP contribution in [0.4, 0.5) is 0 Å². The van der Waals surface area contributed by atoms with E-state index >= 15 is 0 Å². The summed E-state index contributed by atoms with van der Waals surface area (Å²) in [6.45, 7) is 0.110. The fourth-order valence-electron chi connectivity index (χ4n) is 3.58. The van der Waals surface area contributed by atoms with Crippen molar-refractivity contribution in [3.8, 4) is 0 Å². The van der Waals surface area contributed by atoms with Gasteiger partial charge >= 0.3 is 11.9 Å². The van der Waals surface area contributed by atoms with Gasteiger partial charge in [-0.05, 0) is 42.7 Å². The van der Waals surface area contributed by atoms with Crippen molar-refractivity contribution in [1.29, 1.82) is 0 Å². The molecule has 4 atom stereocenters. The summed E-state index contributed by atoms with van der Waals surface area (Å²) in [6, 6.07) is 12.0. The lowest BCUT2D eigenvalue weighted by Gasteiger charge is -2.42. The minimum Gasteiger partial charge on any atom is -0.479 e. The lowest BCUT2D eigenvalue weighted by atomic mass is 9.79. The summed E-state index contributed by atoms with van der Waals surface area (Å²) in [7, 11) is 0. The fourth-order valence-corrected chi connectivity index (χ4v) is 3.70. The van der Waals surface area contributed by atoms with E-state index < -0.39 is 35.9 Å². The third-order valence-electron chi connectivity index (χ3n) is 5.27. The van der Waals surface area contributed by atoms with Gasteiger partial charge in [0.2, 0.25) is 0 Å². The molecule has 2 aromatic rings. The molecule has 1 aliphatic carbocycles. The Morgan fingerprint density at radius 2 is 1.87 bits per heavy atom. The van der Waals surface area contributed by atoms with Gasteiger partial charge in [0, 0.05) is 30.7 Å². The number of aliphatic hydroxyl groups excluding tert-OH is 2. The van der Waals surface area contributed by atoms with E-state index in [0.29, 0.717) is 17.9 Å². The molecule has 0 amide bonds. The van der Waals surface area contributed by atoms with Crippen LogP contribution in [-0.2, 0) is 20.7 Å². The number of aryl methyl sites for hydroxylation is 1. The first kappa shape index (κ1) is 23.1. The maximum Gasteiger partial charge on any atom is 0.357 e. The second-order valence-corrected chi connectivity index (χ2v) is 7.94. The number of aliphatic carboxylic acids is 1. The van der Waals surface area contributed by atoms with Crippen LogP contribution < -0.4 is 0 Å². The Labute approximate surface area is 184 Å². The Hall–Kier alpha value is -2.52. The molecule has 31 heavy (non-hydrogen) atoms. The highest BCUT2D eigenvalue weighted by molar-refractivity contribution is 6.30. The van der Waals surface area contributed by atoms with E-state index in [1.165, 1.54) is 12.3 Å². The minimum atomic E-state index is -1.78. The summed E-state index contributed by atoms with van der Waals surface area (Å²) < 4.78 is 11.0. The van der Waals surface area contributed by atoms with Crippen molar-refractivity contribution in [1.82, 2.24) is 4.98 Å². The topological polar surface area (TPSA) is 126 Å². The summed E-state index contributed by atoms with van der Waals surface area (Å²) in [6.07, 6.45) is -2.13. The van der Waals surface area contributed by atoms with Gasteiger partial charge in [0.15, 0.2) is 5.60 Å².